The van der Waals surface area contributed by atoms with Gasteiger partial charge in [0.1, 0.15) is 0 Å². The predicted octanol–water partition coefficient (Wildman–Crippen LogP) is 5.68. The van der Waals surface area contributed by atoms with Crippen molar-refractivity contribution in [3.63, 3.8) is 0 Å². The Hall–Kier alpha value is -1.32. The van der Waals surface area contributed by atoms with E-state index in [4.69, 9.17) is 17.0 Å². The highest BCUT2D eigenvalue weighted by Crippen LogP contribution is 2.12. The lowest BCUT2D eigenvalue weighted by atomic mass is 10.1. The van der Waals surface area contributed by atoms with E-state index in [9.17, 15) is 0 Å². The van der Waals surface area contributed by atoms with E-state index in [2.05, 4.69) is 60.7 Å². The minimum absolute atomic E-state index is 0.692. The van der Waals surface area contributed by atoms with E-state index in [1.807, 2.05) is 0 Å². The number of benzene rings is 2. The molecule has 0 saturated carbocycles. The molecule has 122 valence electrons. The Kier molecular flexibility index (Phi) is 8.82. The molecule has 3 heteroatoms. The molecule has 0 amide bonds. The Morgan fingerprint density at radius 3 is 1.96 bits per heavy atom. The van der Waals surface area contributed by atoms with Gasteiger partial charge in [0.25, 0.3) is 0 Å². The Balaban J connectivity index is 1.45. The maximum absolute atomic E-state index is 5.63. The third-order valence-electron chi connectivity index (χ3n) is 3.60. The zero-order valence-corrected chi connectivity index (χ0v) is 15.1. The Labute approximate surface area is 149 Å². The van der Waals surface area contributed by atoms with Gasteiger partial charge in [0.05, 0.1) is 6.61 Å². The molecule has 2 aromatic carbocycles. The van der Waals surface area contributed by atoms with Crippen molar-refractivity contribution in [1.82, 2.24) is 0 Å². The van der Waals surface area contributed by atoms with Crippen molar-refractivity contribution in [2.24, 2.45) is 0 Å². The van der Waals surface area contributed by atoms with Gasteiger partial charge in [-0.05, 0) is 55.4 Å². The average Bonchev–Trinajstić information content (AvgIpc) is 2.60. The first-order valence-electron chi connectivity index (χ1n) is 8.22. The fourth-order valence-electron chi connectivity index (χ4n) is 2.35. The van der Waals surface area contributed by atoms with Gasteiger partial charge in [0.15, 0.2) is 0 Å². The molecule has 0 heterocycles. The third-order valence-corrected chi connectivity index (χ3v) is 4.91. The number of aryl methyl sites for hydroxylation is 2. The first-order chi connectivity index (χ1) is 11.3. The third kappa shape index (κ3) is 8.19. The van der Waals surface area contributed by atoms with Crippen LogP contribution in [0.5, 0.6) is 0 Å². The van der Waals surface area contributed by atoms with Gasteiger partial charge in [-0.15, -0.1) is 0 Å². The molecule has 1 nitrogen and oxygen atoms in total. The fraction of sp³-hybridized carbons (Fsp3) is 0.350. The summed E-state index contributed by atoms with van der Waals surface area (Å²) >= 11 is 6.93. The van der Waals surface area contributed by atoms with Gasteiger partial charge in [-0.25, -0.2) is 0 Å². The minimum atomic E-state index is 0.692. The van der Waals surface area contributed by atoms with Gasteiger partial charge >= 0.3 is 0 Å². The van der Waals surface area contributed by atoms with E-state index >= 15 is 0 Å². The number of thiocarbonyl (C=S) groups is 1. The van der Waals surface area contributed by atoms with Gasteiger partial charge < -0.3 is 4.74 Å². The number of unbranched alkanes of at least 4 members (excludes halogenated alkanes) is 1. The molecule has 0 fully saturated rings. The number of hydrogen-bond donors (Lipinski definition) is 0. The van der Waals surface area contributed by atoms with E-state index in [1.165, 1.54) is 11.1 Å². The van der Waals surface area contributed by atoms with Crippen LogP contribution in [0.3, 0.4) is 0 Å². The molecule has 0 bridgehead atoms. The standard InChI is InChI=1S/C20H24OS2/c22-20(23-17-9-15-19-12-5-2-6-13-19)21-16-8-7-14-18-10-3-1-4-11-18/h1-6,10-13H,7-9,14-17H2. The second kappa shape index (κ2) is 11.3. The summed E-state index contributed by atoms with van der Waals surface area (Å²) in [6, 6.07) is 21.2. The van der Waals surface area contributed by atoms with Crippen LogP contribution in [-0.4, -0.2) is 16.7 Å². The lowest BCUT2D eigenvalue weighted by Crippen LogP contribution is -2.01. The molecule has 0 aliphatic heterocycles. The number of thioether (sulfide) groups is 1. The molecule has 2 rings (SSSR count). The quantitative estimate of drug-likeness (QED) is 0.428. The lowest BCUT2D eigenvalue weighted by Gasteiger charge is -2.07. The molecular weight excluding hydrogens is 320 g/mol. The van der Waals surface area contributed by atoms with Crippen molar-refractivity contribution in [3.8, 4) is 0 Å². The van der Waals surface area contributed by atoms with Crippen molar-refractivity contribution < 1.29 is 4.74 Å². The summed E-state index contributed by atoms with van der Waals surface area (Å²) in [7, 11) is 0. The minimum Gasteiger partial charge on any atom is -0.479 e. The number of hydrogen-bond acceptors (Lipinski definition) is 3. The van der Waals surface area contributed by atoms with Gasteiger partial charge in [-0.3, -0.25) is 0 Å². The van der Waals surface area contributed by atoms with Crippen molar-refractivity contribution in [1.29, 1.82) is 0 Å². The van der Waals surface area contributed by atoms with E-state index in [0.29, 0.717) is 4.38 Å². The number of rotatable bonds is 9. The summed E-state index contributed by atoms with van der Waals surface area (Å²) in [4.78, 5) is 0. The van der Waals surface area contributed by atoms with Crippen molar-refractivity contribution in [2.45, 2.75) is 32.1 Å². The van der Waals surface area contributed by atoms with Gasteiger partial charge in [-0.2, -0.15) is 0 Å². The van der Waals surface area contributed by atoms with E-state index in [-0.39, 0.29) is 0 Å². The second-order valence-corrected chi connectivity index (χ2v) is 7.18. The lowest BCUT2D eigenvalue weighted by molar-refractivity contribution is 0.310. The summed E-state index contributed by atoms with van der Waals surface area (Å²) in [5.74, 6) is 1.03. The summed E-state index contributed by atoms with van der Waals surface area (Å²) in [6.07, 6.45) is 5.55. The summed E-state index contributed by atoms with van der Waals surface area (Å²) < 4.78 is 6.32. The van der Waals surface area contributed by atoms with Crippen LogP contribution in [0, 0.1) is 0 Å². The molecule has 0 spiro atoms. The highest BCUT2D eigenvalue weighted by molar-refractivity contribution is 8.22. The van der Waals surface area contributed by atoms with Crippen LogP contribution in [0.2, 0.25) is 0 Å². The average molecular weight is 345 g/mol. The molecule has 2 aromatic rings. The monoisotopic (exact) mass is 344 g/mol. The topological polar surface area (TPSA) is 9.23 Å². The largest absolute Gasteiger partial charge is 0.479 e. The molecule has 23 heavy (non-hydrogen) atoms. The molecule has 0 saturated heterocycles. The van der Waals surface area contributed by atoms with Crippen LogP contribution in [0.25, 0.3) is 0 Å². The first kappa shape index (κ1) is 18.0. The van der Waals surface area contributed by atoms with Crippen LogP contribution in [0.1, 0.15) is 30.4 Å². The molecular formula is C20H24OS2. The Morgan fingerprint density at radius 1 is 0.783 bits per heavy atom. The molecule has 0 aliphatic carbocycles. The smallest absolute Gasteiger partial charge is 0.219 e. The predicted molar refractivity (Wildman–Crippen MR) is 105 cm³/mol. The van der Waals surface area contributed by atoms with Crippen LogP contribution >= 0.6 is 24.0 Å². The van der Waals surface area contributed by atoms with Gasteiger partial charge in [-0.1, -0.05) is 72.4 Å². The van der Waals surface area contributed by atoms with Crippen molar-refractivity contribution >= 4 is 28.4 Å². The molecule has 0 aromatic heterocycles. The van der Waals surface area contributed by atoms with Gasteiger partial charge in [0.2, 0.25) is 4.38 Å². The Bertz CT molecular complexity index is 554. The zero-order valence-electron chi connectivity index (χ0n) is 13.4. The summed E-state index contributed by atoms with van der Waals surface area (Å²) in [5, 5.41) is 0. The SMILES string of the molecule is S=C(OCCCCc1ccccc1)SCCCc1ccccc1. The molecule has 0 radical (unpaired) electrons. The van der Waals surface area contributed by atoms with Gasteiger partial charge in [0, 0.05) is 5.75 Å². The highest BCUT2D eigenvalue weighted by Gasteiger charge is 2.00. The molecule has 0 aliphatic rings. The summed E-state index contributed by atoms with van der Waals surface area (Å²) in [6.45, 7) is 0.733. The van der Waals surface area contributed by atoms with Crippen LogP contribution in [0.4, 0.5) is 0 Å². The van der Waals surface area contributed by atoms with Crippen molar-refractivity contribution in [3.05, 3.63) is 71.8 Å². The van der Waals surface area contributed by atoms with E-state index < -0.39 is 0 Å². The zero-order chi connectivity index (χ0) is 16.2. The summed E-state index contributed by atoms with van der Waals surface area (Å²) in [5.41, 5.74) is 2.78. The van der Waals surface area contributed by atoms with E-state index in [0.717, 1.165) is 44.5 Å². The highest BCUT2D eigenvalue weighted by atomic mass is 32.2. The normalized spacial score (nSPS) is 10.4. The molecule has 0 N–H and O–H groups in total. The molecule has 0 atom stereocenters. The maximum atomic E-state index is 5.63. The van der Waals surface area contributed by atoms with Crippen LogP contribution < -0.4 is 0 Å². The van der Waals surface area contributed by atoms with Crippen LogP contribution in [-0.2, 0) is 17.6 Å². The molecule has 0 unspecified atom stereocenters. The Morgan fingerprint density at radius 2 is 1.35 bits per heavy atom. The van der Waals surface area contributed by atoms with Crippen LogP contribution in [0.15, 0.2) is 60.7 Å². The first-order valence-corrected chi connectivity index (χ1v) is 9.61. The number of ether oxygens (including phenoxy) is 1. The second-order valence-electron chi connectivity index (χ2n) is 5.48. The maximum Gasteiger partial charge on any atom is 0.219 e. The fourth-order valence-corrected chi connectivity index (χ4v) is 3.30. The van der Waals surface area contributed by atoms with Crippen molar-refractivity contribution in [2.75, 3.05) is 12.4 Å². The van der Waals surface area contributed by atoms with E-state index in [1.54, 1.807) is 11.8 Å².